The summed E-state index contributed by atoms with van der Waals surface area (Å²) in [4.78, 5) is 12.7. The highest BCUT2D eigenvalue weighted by atomic mass is 79.9. The molecule has 3 rings (SSSR count). The van der Waals surface area contributed by atoms with Gasteiger partial charge in [0.25, 0.3) is 0 Å². The van der Waals surface area contributed by atoms with Crippen LogP contribution < -0.4 is 9.47 Å². The van der Waals surface area contributed by atoms with E-state index in [2.05, 4.69) is 15.9 Å². The summed E-state index contributed by atoms with van der Waals surface area (Å²) in [5, 5.41) is 0.359. The average molecular weight is 368 g/mol. The Morgan fingerprint density at radius 2 is 1.76 bits per heavy atom. The minimum absolute atomic E-state index is 0.146. The monoisotopic (exact) mass is 366 g/mol. The third-order valence-corrected chi connectivity index (χ3v) is 4.25. The van der Waals surface area contributed by atoms with Gasteiger partial charge >= 0.3 is 0 Å². The molecule has 5 heteroatoms. The summed E-state index contributed by atoms with van der Waals surface area (Å²) in [7, 11) is 0. The average Bonchev–Trinajstić information content (AvgIpc) is 2.48. The molecule has 0 unspecified atom stereocenters. The van der Waals surface area contributed by atoms with Gasteiger partial charge in [-0.2, -0.15) is 0 Å². The number of hydrogen-bond donors (Lipinski definition) is 0. The molecule has 1 heterocycles. The van der Waals surface area contributed by atoms with Crippen molar-refractivity contribution >= 4 is 33.3 Å². The van der Waals surface area contributed by atoms with Crippen molar-refractivity contribution in [2.45, 2.75) is 6.92 Å². The fourth-order valence-corrected chi connectivity index (χ4v) is 2.86. The van der Waals surface area contributed by atoms with Crippen LogP contribution in [0.2, 0.25) is 5.02 Å². The second-order valence-corrected chi connectivity index (χ2v) is 6.05. The van der Waals surface area contributed by atoms with Gasteiger partial charge in [-0.05, 0) is 25.1 Å². The van der Waals surface area contributed by atoms with E-state index in [0.717, 1.165) is 10.0 Å². The van der Waals surface area contributed by atoms with Crippen molar-refractivity contribution in [3.63, 3.8) is 0 Å². The maximum Gasteiger partial charge on any atom is 0.195 e. The molecular weight excluding hydrogens is 356 g/mol. The molecule has 3 nitrogen and oxygen atoms in total. The fraction of sp³-hybridized carbons (Fsp3) is 0.188. The number of hydrogen-bond acceptors (Lipinski definition) is 3. The van der Waals surface area contributed by atoms with Crippen LogP contribution in [0.1, 0.15) is 21.5 Å². The number of rotatable bonds is 2. The van der Waals surface area contributed by atoms with E-state index in [1.54, 1.807) is 12.1 Å². The Bertz CT molecular complexity index is 728. The molecule has 0 bridgehead atoms. The number of benzene rings is 2. The first-order valence-corrected chi connectivity index (χ1v) is 7.63. The molecule has 0 N–H and O–H groups in total. The lowest BCUT2D eigenvalue weighted by Gasteiger charge is -2.19. The van der Waals surface area contributed by atoms with Gasteiger partial charge in [0.15, 0.2) is 17.3 Å². The minimum Gasteiger partial charge on any atom is -0.486 e. The summed E-state index contributed by atoms with van der Waals surface area (Å²) < 4.78 is 11.7. The smallest absolute Gasteiger partial charge is 0.195 e. The van der Waals surface area contributed by atoms with Gasteiger partial charge in [0.1, 0.15) is 13.2 Å². The minimum atomic E-state index is -0.146. The van der Waals surface area contributed by atoms with Crippen molar-refractivity contribution in [3.05, 3.63) is 56.5 Å². The summed E-state index contributed by atoms with van der Waals surface area (Å²) in [6.45, 7) is 2.89. The van der Waals surface area contributed by atoms with Gasteiger partial charge in [-0.15, -0.1) is 0 Å². The van der Waals surface area contributed by atoms with E-state index < -0.39 is 0 Å². The Balaban J connectivity index is 2.07. The van der Waals surface area contributed by atoms with E-state index in [-0.39, 0.29) is 5.78 Å². The van der Waals surface area contributed by atoms with Crippen LogP contribution in [-0.2, 0) is 0 Å². The Morgan fingerprint density at radius 1 is 1.10 bits per heavy atom. The maximum absolute atomic E-state index is 12.7. The Morgan fingerprint density at radius 3 is 2.48 bits per heavy atom. The second kappa shape index (κ2) is 5.70. The fourth-order valence-electron chi connectivity index (χ4n) is 2.20. The molecule has 0 spiro atoms. The zero-order valence-corrected chi connectivity index (χ0v) is 13.6. The van der Waals surface area contributed by atoms with Crippen LogP contribution in [0.3, 0.4) is 0 Å². The molecule has 108 valence electrons. The predicted octanol–water partition coefficient (Wildman–Crippen LogP) is 4.41. The summed E-state index contributed by atoms with van der Waals surface area (Å²) in [5.74, 6) is 0.983. The van der Waals surface area contributed by atoms with Crippen molar-refractivity contribution in [1.82, 2.24) is 0 Å². The Hall–Kier alpha value is -1.52. The summed E-state index contributed by atoms with van der Waals surface area (Å²) in [6, 6.07) is 8.90. The number of aryl methyl sites for hydroxylation is 1. The van der Waals surface area contributed by atoms with Crippen LogP contribution in [0, 0.1) is 6.92 Å². The SMILES string of the molecule is Cc1ccc(Br)c(C(=O)c2cc3c(cc2Cl)OCCO3)c1. The van der Waals surface area contributed by atoms with Crippen LogP contribution >= 0.6 is 27.5 Å². The molecule has 0 amide bonds. The number of carbonyl (C=O) groups is 1. The highest BCUT2D eigenvalue weighted by Crippen LogP contribution is 2.36. The van der Waals surface area contributed by atoms with E-state index in [1.807, 2.05) is 25.1 Å². The Kier molecular flexibility index (Phi) is 3.91. The van der Waals surface area contributed by atoms with Gasteiger partial charge in [-0.25, -0.2) is 0 Å². The van der Waals surface area contributed by atoms with Crippen LogP contribution in [0.15, 0.2) is 34.8 Å². The molecule has 1 aliphatic rings. The van der Waals surface area contributed by atoms with Gasteiger partial charge in [0, 0.05) is 21.7 Å². The van der Waals surface area contributed by atoms with Crippen LogP contribution in [0.25, 0.3) is 0 Å². The highest BCUT2D eigenvalue weighted by molar-refractivity contribution is 9.10. The summed E-state index contributed by atoms with van der Waals surface area (Å²) in [6.07, 6.45) is 0. The molecule has 0 radical (unpaired) electrons. The first-order chi connectivity index (χ1) is 10.1. The lowest BCUT2D eigenvalue weighted by Crippen LogP contribution is -2.16. The van der Waals surface area contributed by atoms with Crippen molar-refractivity contribution in [3.8, 4) is 11.5 Å². The number of ketones is 1. The van der Waals surface area contributed by atoms with E-state index in [4.69, 9.17) is 21.1 Å². The lowest BCUT2D eigenvalue weighted by molar-refractivity contribution is 0.103. The molecule has 0 saturated heterocycles. The van der Waals surface area contributed by atoms with Gasteiger partial charge < -0.3 is 9.47 Å². The molecule has 2 aromatic carbocycles. The van der Waals surface area contributed by atoms with E-state index in [0.29, 0.717) is 40.9 Å². The van der Waals surface area contributed by atoms with Gasteiger partial charge in [0.2, 0.25) is 0 Å². The highest BCUT2D eigenvalue weighted by Gasteiger charge is 2.21. The largest absolute Gasteiger partial charge is 0.486 e. The van der Waals surface area contributed by atoms with Crippen LogP contribution in [0.5, 0.6) is 11.5 Å². The first-order valence-electron chi connectivity index (χ1n) is 6.46. The third kappa shape index (κ3) is 2.78. The summed E-state index contributed by atoms with van der Waals surface area (Å²) >= 11 is 9.63. The molecule has 1 aliphatic heterocycles. The van der Waals surface area contributed by atoms with E-state index in [9.17, 15) is 4.79 Å². The van der Waals surface area contributed by atoms with Gasteiger partial charge in [-0.1, -0.05) is 39.2 Å². The zero-order chi connectivity index (χ0) is 15.0. The number of fused-ring (bicyclic) bond motifs is 1. The van der Waals surface area contributed by atoms with Crippen molar-refractivity contribution in [1.29, 1.82) is 0 Å². The molecule has 0 fully saturated rings. The zero-order valence-electron chi connectivity index (χ0n) is 11.3. The molecular formula is C16H12BrClO3. The topological polar surface area (TPSA) is 35.5 Å². The number of halogens is 2. The van der Waals surface area contributed by atoms with Crippen LogP contribution in [0.4, 0.5) is 0 Å². The molecule has 0 aromatic heterocycles. The van der Waals surface area contributed by atoms with E-state index >= 15 is 0 Å². The Labute approximate surface area is 136 Å². The standard InChI is InChI=1S/C16H12BrClO3/c1-9-2-3-12(17)10(6-9)16(19)11-7-14-15(8-13(11)18)21-5-4-20-14/h2-3,6-8H,4-5H2,1H3. The van der Waals surface area contributed by atoms with Crippen LogP contribution in [-0.4, -0.2) is 19.0 Å². The molecule has 0 aliphatic carbocycles. The molecule has 21 heavy (non-hydrogen) atoms. The maximum atomic E-state index is 12.7. The molecule has 2 aromatic rings. The first kappa shape index (κ1) is 14.4. The van der Waals surface area contributed by atoms with Crippen molar-refractivity contribution in [2.24, 2.45) is 0 Å². The lowest BCUT2D eigenvalue weighted by atomic mass is 10.0. The van der Waals surface area contributed by atoms with E-state index in [1.165, 1.54) is 0 Å². The van der Waals surface area contributed by atoms with Crippen molar-refractivity contribution < 1.29 is 14.3 Å². The number of carbonyl (C=O) groups excluding carboxylic acids is 1. The summed E-state index contributed by atoms with van der Waals surface area (Å²) in [5.41, 5.74) is 2.00. The predicted molar refractivity (Wildman–Crippen MR) is 84.8 cm³/mol. The third-order valence-electron chi connectivity index (χ3n) is 3.24. The quantitative estimate of drug-likeness (QED) is 0.737. The molecule has 0 atom stereocenters. The van der Waals surface area contributed by atoms with Crippen molar-refractivity contribution in [2.75, 3.05) is 13.2 Å². The second-order valence-electron chi connectivity index (χ2n) is 4.79. The number of ether oxygens (including phenoxy) is 2. The molecule has 0 saturated carbocycles. The van der Waals surface area contributed by atoms with Gasteiger partial charge in [0.05, 0.1) is 5.02 Å². The van der Waals surface area contributed by atoms with Gasteiger partial charge in [-0.3, -0.25) is 4.79 Å². The normalized spacial score (nSPS) is 13.1.